The third-order valence-corrected chi connectivity index (χ3v) is 5.57. The van der Waals surface area contributed by atoms with Crippen molar-refractivity contribution in [2.45, 2.75) is 31.2 Å². The molecule has 0 aliphatic heterocycles. The number of nitrogens with one attached hydrogen (secondary N) is 2. The van der Waals surface area contributed by atoms with Gasteiger partial charge in [-0.2, -0.15) is 0 Å². The highest BCUT2D eigenvalue weighted by atomic mass is 32.2. The van der Waals surface area contributed by atoms with Gasteiger partial charge in [-0.25, -0.2) is 13.1 Å². The first-order valence-corrected chi connectivity index (χ1v) is 10.3. The van der Waals surface area contributed by atoms with E-state index in [-0.39, 0.29) is 10.8 Å². The smallest absolute Gasteiger partial charge is 0.251 e. The number of nitrogens with zero attached hydrogens (tertiary/aromatic N) is 1. The van der Waals surface area contributed by atoms with Crippen LogP contribution in [0.25, 0.3) is 0 Å². The second kappa shape index (κ2) is 8.54. The van der Waals surface area contributed by atoms with Crippen molar-refractivity contribution in [2.75, 3.05) is 25.0 Å². The van der Waals surface area contributed by atoms with Crippen LogP contribution < -0.4 is 14.9 Å². The van der Waals surface area contributed by atoms with E-state index in [9.17, 15) is 13.2 Å². The Labute approximate surface area is 161 Å². The number of amides is 1. The van der Waals surface area contributed by atoms with Crippen molar-refractivity contribution in [3.05, 3.63) is 60.2 Å². The van der Waals surface area contributed by atoms with Crippen molar-refractivity contribution in [3.8, 4) is 0 Å². The Morgan fingerprint density at radius 1 is 1.00 bits per heavy atom. The number of hydrogen-bond donors (Lipinski definition) is 2. The highest BCUT2D eigenvalue weighted by Gasteiger charge is 2.22. The van der Waals surface area contributed by atoms with Crippen molar-refractivity contribution in [1.82, 2.24) is 10.0 Å². The SMILES string of the molecule is CN(CCNC(=O)c1ccc(S(=O)(=O)NC(C)(C)C)cc1)c1ccccc1. The van der Waals surface area contributed by atoms with Crippen molar-refractivity contribution in [2.24, 2.45) is 0 Å². The fourth-order valence-electron chi connectivity index (χ4n) is 2.50. The molecule has 27 heavy (non-hydrogen) atoms. The minimum absolute atomic E-state index is 0.137. The normalized spacial score (nSPS) is 11.9. The highest BCUT2D eigenvalue weighted by Crippen LogP contribution is 2.14. The van der Waals surface area contributed by atoms with Gasteiger partial charge in [0, 0.05) is 36.9 Å². The fourth-order valence-corrected chi connectivity index (χ4v) is 3.92. The van der Waals surface area contributed by atoms with Gasteiger partial charge in [-0.05, 0) is 57.2 Å². The summed E-state index contributed by atoms with van der Waals surface area (Å²) in [6.45, 7) is 6.48. The molecule has 0 aromatic heterocycles. The van der Waals surface area contributed by atoms with Gasteiger partial charge in [0.05, 0.1) is 4.90 Å². The molecule has 0 radical (unpaired) electrons. The first-order valence-electron chi connectivity index (χ1n) is 8.77. The standard InChI is InChI=1S/C20H27N3O3S/c1-20(2,3)22-27(25,26)18-12-10-16(11-13-18)19(24)21-14-15-23(4)17-8-6-5-7-9-17/h5-13,22H,14-15H2,1-4H3,(H,21,24). The van der Waals surface area contributed by atoms with Crippen molar-refractivity contribution in [3.63, 3.8) is 0 Å². The monoisotopic (exact) mass is 389 g/mol. The van der Waals surface area contributed by atoms with Gasteiger partial charge in [0.1, 0.15) is 0 Å². The van der Waals surface area contributed by atoms with E-state index in [0.29, 0.717) is 18.7 Å². The second-order valence-corrected chi connectivity index (χ2v) is 9.08. The van der Waals surface area contributed by atoms with E-state index in [2.05, 4.69) is 10.0 Å². The molecule has 0 aliphatic rings. The lowest BCUT2D eigenvalue weighted by atomic mass is 10.1. The van der Waals surface area contributed by atoms with E-state index in [1.807, 2.05) is 42.3 Å². The zero-order valence-electron chi connectivity index (χ0n) is 16.2. The van der Waals surface area contributed by atoms with E-state index in [0.717, 1.165) is 5.69 Å². The molecule has 0 aliphatic carbocycles. The summed E-state index contributed by atoms with van der Waals surface area (Å²) in [5.74, 6) is -0.232. The molecule has 0 fully saturated rings. The number of para-hydroxylation sites is 1. The largest absolute Gasteiger partial charge is 0.373 e. The van der Waals surface area contributed by atoms with Crippen LogP contribution in [0.4, 0.5) is 5.69 Å². The van der Waals surface area contributed by atoms with E-state index in [4.69, 9.17) is 0 Å². The summed E-state index contributed by atoms with van der Waals surface area (Å²) in [6, 6.07) is 15.8. The zero-order valence-corrected chi connectivity index (χ0v) is 17.0. The Balaban J connectivity index is 1.92. The maximum atomic E-state index is 12.3. The molecule has 7 heteroatoms. The predicted molar refractivity (Wildman–Crippen MR) is 109 cm³/mol. The molecule has 0 saturated heterocycles. The maximum absolute atomic E-state index is 12.3. The van der Waals surface area contributed by atoms with Crippen LogP contribution in [0.2, 0.25) is 0 Å². The van der Waals surface area contributed by atoms with E-state index in [1.54, 1.807) is 20.8 Å². The summed E-state index contributed by atoms with van der Waals surface area (Å²) in [5, 5.41) is 2.85. The first-order chi connectivity index (χ1) is 12.6. The predicted octanol–water partition coefficient (Wildman–Crippen LogP) is 2.63. The molecule has 2 aromatic carbocycles. The highest BCUT2D eigenvalue weighted by molar-refractivity contribution is 7.89. The van der Waals surface area contributed by atoms with Gasteiger partial charge in [0.15, 0.2) is 0 Å². The topological polar surface area (TPSA) is 78.5 Å². The molecule has 2 rings (SSSR count). The van der Waals surface area contributed by atoms with Crippen LogP contribution in [0.5, 0.6) is 0 Å². The average molecular weight is 390 g/mol. The van der Waals surface area contributed by atoms with Crippen LogP contribution in [-0.2, 0) is 10.0 Å². The van der Waals surface area contributed by atoms with Gasteiger partial charge in [-0.15, -0.1) is 0 Å². The Morgan fingerprint density at radius 3 is 2.15 bits per heavy atom. The third-order valence-electron chi connectivity index (χ3n) is 3.80. The Kier molecular flexibility index (Phi) is 6.62. The van der Waals surface area contributed by atoms with Gasteiger partial charge in [-0.3, -0.25) is 4.79 Å². The summed E-state index contributed by atoms with van der Waals surface area (Å²) in [7, 11) is -1.65. The fraction of sp³-hybridized carbons (Fsp3) is 0.350. The number of sulfonamides is 1. The lowest BCUT2D eigenvalue weighted by Crippen LogP contribution is -2.40. The minimum atomic E-state index is -3.61. The molecule has 0 saturated carbocycles. The summed E-state index contributed by atoms with van der Waals surface area (Å²) < 4.78 is 27.2. The second-order valence-electron chi connectivity index (χ2n) is 7.39. The molecule has 2 N–H and O–H groups in total. The molecule has 0 bridgehead atoms. The molecule has 1 amide bonds. The minimum Gasteiger partial charge on any atom is -0.373 e. The van der Waals surface area contributed by atoms with Crippen LogP contribution in [0.1, 0.15) is 31.1 Å². The number of likely N-dealkylation sites (N-methyl/N-ethyl adjacent to an activating group) is 1. The molecular formula is C20H27N3O3S. The maximum Gasteiger partial charge on any atom is 0.251 e. The van der Waals surface area contributed by atoms with Crippen molar-refractivity contribution < 1.29 is 13.2 Å². The lowest BCUT2D eigenvalue weighted by molar-refractivity contribution is 0.0954. The molecule has 146 valence electrons. The van der Waals surface area contributed by atoms with E-state index < -0.39 is 15.6 Å². The van der Waals surface area contributed by atoms with Gasteiger partial charge in [-0.1, -0.05) is 18.2 Å². The number of benzene rings is 2. The lowest BCUT2D eigenvalue weighted by Gasteiger charge is -2.20. The van der Waals surface area contributed by atoms with Crippen LogP contribution in [0.15, 0.2) is 59.5 Å². The van der Waals surface area contributed by atoms with Crippen LogP contribution >= 0.6 is 0 Å². The number of anilines is 1. The number of carbonyl (C=O) groups excluding carboxylic acids is 1. The molecule has 0 spiro atoms. The van der Waals surface area contributed by atoms with Gasteiger partial charge < -0.3 is 10.2 Å². The van der Waals surface area contributed by atoms with E-state index >= 15 is 0 Å². The Hall–Kier alpha value is -2.38. The van der Waals surface area contributed by atoms with Crippen LogP contribution in [0.3, 0.4) is 0 Å². The third kappa shape index (κ3) is 6.37. The molecule has 2 aromatic rings. The molecule has 0 atom stereocenters. The molecule has 0 unspecified atom stereocenters. The summed E-state index contributed by atoms with van der Waals surface area (Å²) in [6.07, 6.45) is 0. The van der Waals surface area contributed by atoms with Gasteiger partial charge >= 0.3 is 0 Å². The summed E-state index contributed by atoms with van der Waals surface area (Å²) in [4.78, 5) is 14.4. The number of carbonyl (C=O) groups is 1. The van der Waals surface area contributed by atoms with Crippen LogP contribution in [0, 0.1) is 0 Å². The quantitative estimate of drug-likeness (QED) is 0.763. The Bertz CT molecular complexity index is 858. The average Bonchev–Trinajstić information content (AvgIpc) is 2.60. The zero-order chi connectivity index (χ0) is 20.1. The van der Waals surface area contributed by atoms with Gasteiger partial charge in [0.25, 0.3) is 5.91 Å². The first kappa shape index (κ1) is 20.9. The van der Waals surface area contributed by atoms with Crippen molar-refractivity contribution >= 4 is 21.6 Å². The van der Waals surface area contributed by atoms with Crippen LogP contribution in [-0.4, -0.2) is 40.0 Å². The molecule has 6 nitrogen and oxygen atoms in total. The Morgan fingerprint density at radius 2 is 1.59 bits per heavy atom. The molecular weight excluding hydrogens is 362 g/mol. The van der Waals surface area contributed by atoms with Gasteiger partial charge in [0.2, 0.25) is 10.0 Å². The summed E-state index contributed by atoms with van der Waals surface area (Å²) in [5.41, 5.74) is 0.930. The molecule has 0 heterocycles. The number of hydrogen-bond acceptors (Lipinski definition) is 4. The van der Waals surface area contributed by atoms with Crippen molar-refractivity contribution in [1.29, 1.82) is 0 Å². The number of rotatable bonds is 7. The van der Waals surface area contributed by atoms with E-state index in [1.165, 1.54) is 24.3 Å². The summed E-state index contributed by atoms with van der Waals surface area (Å²) >= 11 is 0.